The lowest BCUT2D eigenvalue weighted by molar-refractivity contribution is -0.135. The van der Waals surface area contributed by atoms with Crippen molar-refractivity contribution in [2.24, 2.45) is 5.92 Å². The zero-order chi connectivity index (χ0) is 15.7. The summed E-state index contributed by atoms with van der Waals surface area (Å²) in [5, 5.41) is 10.1. The fourth-order valence-corrected chi connectivity index (χ4v) is 1.82. The Hall–Kier alpha value is -1.17. The van der Waals surface area contributed by atoms with Gasteiger partial charge >= 0.3 is 5.97 Å². The van der Waals surface area contributed by atoms with Gasteiger partial charge in [-0.15, -0.1) is 0 Å². The third kappa shape index (κ3) is 6.84. The second kappa shape index (κ2) is 9.69. The number of allylic oxidation sites excluding steroid dienone is 1. The Balaban J connectivity index is 4.70. The summed E-state index contributed by atoms with van der Waals surface area (Å²) in [6.45, 7) is 7.53. The summed E-state index contributed by atoms with van der Waals surface area (Å²) in [6.07, 6.45) is 1.28. The SMILES string of the molecule is C=C(C)[C@@H](CC(OC)OC)C[C@H](O)/C(C)=C/C(=O)OC. The molecule has 0 spiro atoms. The Labute approximate surface area is 121 Å². The zero-order valence-electron chi connectivity index (χ0n) is 13.0. The second-order valence-electron chi connectivity index (χ2n) is 4.84. The number of hydrogen-bond donors (Lipinski definition) is 1. The van der Waals surface area contributed by atoms with Gasteiger partial charge in [0.15, 0.2) is 6.29 Å². The van der Waals surface area contributed by atoms with Crippen molar-refractivity contribution in [2.75, 3.05) is 21.3 Å². The Morgan fingerprint density at radius 3 is 2.15 bits per heavy atom. The number of esters is 1. The van der Waals surface area contributed by atoms with Gasteiger partial charge in [-0.25, -0.2) is 4.79 Å². The molecule has 5 heteroatoms. The fraction of sp³-hybridized carbons (Fsp3) is 0.667. The number of rotatable bonds is 9. The van der Waals surface area contributed by atoms with E-state index in [4.69, 9.17) is 9.47 Å². The first-order valence-corrected chi connectivity index (χ1v) is 6.50. The Morgan fingerprint density at radius 1 is 1.20 bits per heavy atom. The van der Waals surface area contributed by atoms with Gasteiger partial charge in [-0.1, -0.05) is 12.2 Å². The van der Waals surface area contributed by atoms with Gasteiger partial charge in [0.2, 0.25) is 0 Å². The van der Waals surface area contributed by atoms with E-state index in [1.54, 1.807) is 21.1 Å². The smallest absolute Gasteiger partial charge is 0.330 e. The molecular weight excluding hydrogens is 260 g/mol. The maximum Gasteiger partial charge on any atom is 0.330 e. The molecule has 0 aromatic heterocycles. The van der Waals surface area contributed by atoms with Gasteiger partial charge in [-0.3, -0.25) is 0 Å². The molecule has 0 saturated carbocycles. The molecule has 0 aliphatic carbocycles. The molecule has 0 aliphatic rings. The lowest BCUT2D eigenvalue weighted by Crippen LogP contribution is -2.23. The summed E-state index contributed by atoms with van der Waals surface area (Å²) < 4.78 is 14.9. The molecular formula is C15H26O5. The summed E-state index contributed by atoms with van der Waals surface area (Å²) in [5.74, 6) is -0.434. The minimum Gasteiger partial charge on any atom is -0.466 e. The Morgan fingerprint density at radius 2 is 1.75 bits per heavy atom. The fourth-order valence-electron chi connectivity index (χ4n) is 1.82. The maximum atomic E-state index is 11.1. The highest BCUT2D eigenvalue weighted by Crippen LogP contribution is 2.25. The molecule has 0 fully saturated rings. The van der Waals surface area contributed by atoms with Gasteiger partial charge in [0, 0.05) is 26.7 Å². The van der Waals surface area contributed by atoms with Crippen LogP contribution in [-0.2, 0) is 19.0 Å². The number of aliphatic hydroxyl groups excluding tert-OH is 1. The van der Waals surface area contributed by atoms with Crippen LogP contribution in [0.4, 0.5) is 0 Å². The second-order valence-corrected chi connectivity index (χ2v) is 4.84. The number of carbonyl (C=O) groups is 1. The molecule has 20 heavy (non-hydrogen) atoms. The summed E-state index contributed by atoms with van der Waals surface area (Å²) in [6, 6.07) is 0. The molecule has 116 valence electrons. The van der Waals surface area contributed by atoms with E-state index in [2.05, 4.69) is 11.3 Å². The van der Waals surface area contributed by atoms with E-state index in [1.807, 2.05) is 6.92 Å². The van der Waals surface area contributed by atoms with Gasteiger partial charge in [-0.2, -0.15) is 0 Å². The highest BCUT2D eigenvalue weighted by atomic mass is 16.7. The van der Waals surface area contributed by atoms with Gasteiger partial charge in [0.1, 0.15) is 0 Å². The van der Waals surface area contributed by atoms with E-state index in [1.165, 1.54) is 13.2 Å². The predicted octanol–water partition coefficient (Wildman–Crippen LogP) is 2.06. The minimum atomic E-state index is -0.731. The highest BCUT2D eigenvalue weighted by Gasteiger charge is 2.21. The van der Waals surface area contributed by atoms with Crippen LogP contribution in [0.25, 0.3) is 0 Å². The summed E-state index contributed by atoms with van der Waals surface area (Å²) in [5.41, 5.74) is 1.50. The summed E-state index contributed by atoms with van der Waals surface area (Å²) in [4.78, 5) is 11.1. The Kier molecular flexibility index (Phi) is 9.12. The maximum absolute atomic E-state index is 11.1. The number of carbonyl (C=O) groups excluding carboxylic acids is 1. The van der Waals surface area contributed by atoms with E-state index < -0.39 is 12.1 Å². The van der Waals surface area contributed by atoms with E-state index in [0.717, 1.165) is 5.57 Å². The van der Waals surface area contributed by atoms with Crippen LogP contribution in [0.15, 0.2) is 23.8 Å². The van der Waals surface area contributed by atoms with Gasteiger partial charge < -0.3 is 19.3 Å². The third-order valence-electron chi connectivity index (χ3n) is 3.28. The largest absolute Gasteiger partial charge is 0.466 e. The molecule has 0 unspecified atom stereocenters. The first-order chi connectivity index (χ1) is 9.35. The van der Waals surface area contributed by atoms with Crippen molar-refractivity contribution < 1.29 is 24.1 Å². The standard InChI is InChI=1S/C15H26O5/c1-10(2)12(9-15(19-5)20-6)8-13(16)11(3)7-14(17)18-4/h7,12-13,15-16H,1,8-9H2,2-6H3/b11-7+/t12-,13+/m1/s1. The summed E-state index contributed by atoms with van der Waals surface area (Å²) >= 11 is 0. The van der Waals surface area contributed by atoms with Crippen molar-refractivity contribution in [3.63, 3.8) is 0 Å². The normalized spacial score (nSPS) is 15.1. The molecule has 5 nitrogen and oxygen atoms in total. The van der Waals surface area contributed by atoms with E-state index in [9.17, 15) is 9.90 Å². The topological polar surface area (TPSA) is 65.0 Å². The molecule has 0 amide bonds. The molecule has 0 bridgehead atoms. The first-order valence-electron chi connectivity index (χ1n) is 6.50. The van der Waals surface area contributed by atoms with Gasteiger partial charge in [-0.05, 0) is 31.8 Å². The number of hydrogen-bond acceptors (Lipinski definition) is 5. The predicted molar refractivity (Wildman–Crippen MR) is 77.1 cm³/mol. The third-order valence-corrected chi connectivity index (χ3v) is 3.28. The average Bonchev–Trinajstić information content (AvgIpc) is 2.42. The number of methoxy groups -OCH3 is 3. The Bertz CT molecular complexity index is 344. The first kappa shape index (κ1) is 18.8. The van der Waals surface area contributed by atoms with Crippen LogP contribution >= 0.6 is 0 Å². The number of ether oxygens (including phenoxy) is 3. The van der Waals surface area contributed by atoms with Crippen LogP contribution in [-0.4, -0.2) is 44.8 Å². The van der Waals surface area contributed by atoms with Crippen molar-refractivity contribution in [3.05, 3.63) is 23.8 Å². The molecule has 0 aromatic carbocycles. The summed E-state index contributed by atoms with van der Waals surface area (Å²) in [7, 11) is 4.45. The van der Waals surface area contributed by atoms with Gasteiger partial charge in [0.25, 0.3) is 0 Å². The van der Waals surface area contributed by atoms with Crippen LogP contribution in [0.1, 0.15) is 26.7 Å². The molecule has 0 heterocycles. The van der Waals surface area contributed by atoms with Crippen molar-refractivity contribution in [2.45, 2.75) is 39.1 Å². The molecule has 0 aliphatic heterocycles. The minimum absolute atomic E-state index is 0.0379. The monoisotopic (exact) mass is 286 g/mol. The van der Waals surface area contributed by atoms with E-state index in [-0.39, 0.29) is 12.2 Å². The van der Waals surface area contributed by atoms with Crippen LogP contribution in [0.3, 0.4) is 0 Å². The van der Waals surface area contributed by atoms with Crippen LogP contribution < -0.4 is 0 Å². The van der Waals surface area contributed by atoms with Crippen molar-refractivity contribution in [1.29, 1.82) is 0 Å². The molecule has 0 saturated heterocycles. The zero-order valence-corrected chi connectivity index (χ0v) is 13.0. The molecule has 0 aromatic rings. The van der Waals surface area contributed by atoms with E-state index in [0.29, 0.717) is 18.4 Å². The quantitative estimate of drug-likeness (QED) is 0.304. The van der Waals surface area contributed by atoms with Crippen molar-refractivity contribution >= 4 is 5.97 Å². The molecule has 2 atom stereocenters. The molecule has 0 radical (unpaired) electrons. The van der Waals surface area contributed by atoms with Crippen LogP contribution in [0.2, 0.25) is 0 Å². The molecule has 0 rings (SSSR count). The highest BCUT2D eigenvalue weighted by molar-refractivity contribution is 5.82. The average molecular weight is 286 g/mol. The van der Waals surface area contributed by atoms with Crippen LogP contribution in [0, 0.1) is 5.92 Å². The van der Waals surface area contributed by atoms with Crippen LogP contribution in [0.5, 0.6) is 0 Å². The number of aliphatic hydroxyl groups is 1. The van der Waals surface area contributed by atoms with E-state index >= 15 is 0 Å². The van der Waals surface area contributed by atoms with Crippen molar-refractivity contribution in [3.8, 4) is 0 Å². The molecule has 1 N–H and O–H groups in total. The lowest BCUT2D eigenvalue weighted by Gasteiger charge is -2.24. The van der Waals surface area contributed by atoms with Gasteiger partial charge in [0.05, 0.1) is 13.2 Å². The lowest BCUT2D eigenvalue weighted by atomic mass is 9.89. The van der Waals surface area contributed by atoms with Crippen molar-refractivity contribution in [1.82, 2.24) is 0 Å².